The zero-order valence-corrected chi connectivity index (χ0v) is 13.6. The van der Waals surface area contributed by atoms with Crippen molar-refractivity contribution in [2.75, 3.05) is 32.7 Å². The van der Waals surface area contributed by atoms with Gasteiger partial charge in [-0.1, -0.05) is 6.42 Å². The Morgan fingerprint density at radius 1 is 1.24 bits per heavy atom. The number of amides is 1. The lowest BCUT2D eigenvalue weighted by atomic mass is 10.0. The van der Waals surface area contributed by atoms with Crippen LogP contribution in [-0.4, -0.2) is 61.8 Å². The molecule has 0 aromatic rings. The van der Waals surface area contributed by atoms with E-state index in [1.165, 1.54) is 12.8 Å². The predicted molar refractivity (Wildman–Crippen MR) is 84.3 cm³/mol. The Labute approximate surface area is 128 Å². The molecule has 0 aromatic heterocycles. The molecule has 2 heterocycles. The Bertz CT molecular complexity index is 309. The maximum absolute atomic E-state index is 11.9. The molecule has 0 aliphatic carbocycles. The Kier molecular flexibility index (Phi) is 6.93. The fourth-order valence-electron chi connectivity index (χ4n) is 3.34. The van der Waals surface area contributed by atoms with E-state index in [1.807, 2.05) is 0 Å². The third-order valence-electron chi connectivity index (χ3n) is 4.32. The fourth-order valence-corrected chi connectivity index (χ4v) is 3.34. The van der Waals surface area contributed by atoms with Gasteiger partial charge in [0, 0.05) is 19.6 Å². The van der Waals surface area contributed by atoms with E-state index < -0.39 is 0 Å². The first kappa shape index (κ1) is 16.7. The smallest absolute Gasteiger partial charge is 0.237 e. The van der Waals surface area contributed by atoms with E-state index >= 15 is 0 Å². The minimum Gasteiger partial charge on any atom is -0.373 e. The highest BCUT2D eigenvalue weighted by Gasteiger charge is 2.22. The highest BCUT2D eigenvalue weighted by molar-refractivity contribution is 5.81. The van der Waals surface area contributed by atoms with Gasteiger partial charge in [0.1, 0.15) is 0 Å². The molecule has 5 heteroatoms. The monoisotopic (exact) mass is 297 g/mol. The van der Waals surface area contributed by atoms with Crippen LogP contribution in [0.5, 0.6) is 0 Å². The molecule has 2 aliphatic rings. The summed E-state index contributed by atoms with van der Waals surface area (Å²) in [7, 11) is 0. The molecule has 5 nitrogen and oxygen atoms in total. The summed E-state index contributed by atoms with van der Waals surface area (Å²) in [5.74, 6) is 0.184. The SMILES string of the molecule is CC1CN(CCCCNC(=O)[C@H]2CCCCN2)CC(C)O1. The topological polar surface area (TPSA) is 53.6 Å². The van der Waals surface area contributed by atoms with Crippen molar-refractivity contribution in [1.82, 2.24) is 15.5 Å². The number of hydrogen-bond donors (Lipinski definition) is 2. The first-order valence-electron chi connectivity index (χ1n) is 8.54. The van der Waals surface area contributed by atoms with E-state index in [-0.39, 0.29) is 11.9 Å². The number of rotatable bonds is 6. The molecule has 0 bridgehead atoms. The zero-order valence-electron chi connectivity index (χ0n) is 13.6. The van der Waals surface area contributed by atoms with Crippen molar-refractivity contribution in [2.24, 2.45) is 0 Å². The van der Waals surface area contributed by atoms with Gasteiger partial charge in [-0.3, -0.25) is 9.69 Å². The molecule has 122 valence electrons. The molecule has 2 N–H and O–H groups in total. The number of carbonyl (C=O) groups is 1. The van der Waals surface area contributed by atoms with Crippen molar-refractivity contribution in [3.8, 4) is 0 Å². The summed E-state index contributed by atoms with van der Waals surface area (Å²) in [6.07, 6.45) is 6.21. The van der Waals surface area contributed by atoms with Crippen molar-refractivity contribution in [3.05, 3.63) is 0 Å². The number of unbranched alkanes of at least 4 members (excludes halogenated alkanes) is 1. The second-order valence-corrected chi connectivity index (χ2v) is 6.52. The predicted octanol–water partition coefficient (Wildman–Crippen LogP) is 1.13. The number of piperidine rings is 1. The molecule has 0 radical (unpaired) electrons. The highest BCUT2D eigenvalue weighted by Crippen LogP contribution is 2.11. The molecule has 0 saturated carbocycles. The van der Waals surface area contributed by atoms with Crippen molar-refractivity contribution >= 4 is 5.91 Å². The quantitative estimate of drug-likeness (QED) is 0.722. The van der Waals surface area contributed by atoms with Crippen molar-refractivity contribution in [2.45, 2.75) is 64.2 Å². The lowest BCUT2D eigenvalue weighted by Gasteiger charge is -2.35. The van der Waals surface area contributed by atoms with Crippen molar-refractivity contribution in [1.29, 1.82) is 0 Å². The molecule has 0 aromatic carbocycles. The number of nitrogens with one attached hydrogen (secondary N) is 2. The van der Waals surface area contributed by atoms with Gasteiger partial charge in [-0.25, -0.2) is 0 Å². The fraction of sp³-hybridized carbons (Fsp3) is 0.938. The van der Waals surface area contributed by atoms with E-state index in [2.05, 4.69) is 29.4 Å². The number of ether oxygens (including phenoxy) is 1. The van der Waals surface area contributed by atoms with E-state index in [0.29, 0.717) is 12.2 Å². The second-order valence-electron chi connectivity index (χ2n) is 6.52. The summed E-state index contributed by atoms with van der Waals surface area (Å²) in [6.45, 7) is 9.22. The normalized spacial score (nSPS) is 31.0. The number of carbonyl (C=O) groups excluding carboxylic acids is 1. The Morgan fingerprint density at radius 2 is 2.00 bits per heavy atom. The second kappa shape index (κ2) is 8.71. The van der Waals surface area contributed by atoms with Gasteiger partial charge in [-0.05, 0) is 52.6 Å². The molecular weight excluding hydrogens is 266 g/mol. The number of nitrogens with zero attached hydrogens (tertiary/aromatic N) is 1. The first-order valence-corrected chi connectivity index (χ1v) is 8.54. The Morgan fingerprint density at radius 3 is 2.67 bits per heavy atom. The maximum atomic E-state index is 11.9. The molecule has 2 aliphatic heterocycles. The van der Waals surface area contributed by atoms with Crippen LogP contribution >= 0.6 is 0 Å². The van der Waals surface area contributed by atoms with Gasteiger partial charge in [-0.2, -0.15) is 0 Å². The van der Waals surface area contributed by atoms with Crippen LogP contribution in [0, 0.1) is 0 Å². The van der Waals surface area contributed by atoms with Crippen LogP contribution in [0.3, 0.4) is 0 Å². The van der Waals surface area contributed by atoms with Crippen LogP contribution < -0.4 is 10.6 Å². The average molecular weight is 297 g/mol. The standard InChI is InChI=1S/C16H31N3O2/c1-13-11-19(12-14(2)21-13)10-6-5-9-18-16(20)15-7-3-4-8-17-15/h13-15,17H,3-12H2,1-2H3,(H,18,20)/t13?,14?,15-/m1/s1. The van der Waals surface area contributed by atoms with E-state index in [9.17, 15) is 4.79 Å². The number of morpholine rings is 1. The van der Waals surface area contributed by atoms with Crippen molar-refractivity contribution < 1.29 is 9.53 Å². The molecule has 0 spiro atoms. The summed E-state index contributed by atoms with van der Waals surface area (Å²) < 4.78 is 5.74. The van der Waals surface area contributed by atoms with E-state index in [4.69, 9.17) is 4.74 Å². The van der Waals surface area contributed by atoms with E-state index in [1.54, 1.807) is 0 Å². The van der Waals surface area contributed by atoms with Gasteiger partial charge in [0.05, 0.1) is 18.2 Å². The molecule has 2 fully saturated rings. The van der Waals surface area contributed by atoms with Crippen LogP contribution in [-0.2, 0) is 9.53 Å². The molecule has 2 unspecified atom stereocenters. The van der Waals surface area contributed by atoms with Crippen LogP contribution in [0.15, 0.2) is 0 Å². The Hall–Kier alpha value is -0.650. The summed E-state index contributed by atoms with van der Waals surface area (Å²) in [5.41, 5.74) is 0. The summed E-state index contributed by atoms with van der Waals surface area (Å²) in [4.78, 5) is 14.4. The summed E-state index contributed by atoms with van der Waals surface area (Å²) in [6, 6.07) is 0.0414. The van der Waals surface area contributed by atoms with Crippen LogP contribution in [0.2, 0.25) is 0 Å². The van der Waals surface area contributed by atoms with Gasteiger partial charge in [0.2, 0.25) is 5.91 Å². The van der Waals surface area contributed by atoms with E-state index in [0.717, 1.165) is 52.0 Å². The lowest BCUT2D eigenvalue weighted by Crippen LogP contribution is -2.47. The molecule has 21 heavy (non-hydrogen) atoms. The summed E-state index contributed by atoms with van der Waals surface area (Å²) in [5, 5.41) is 6.35. The van der Waals surface area contributed by atoms with Crippen LogP contribution in [0.1, 0.15) is 46.0 Å². The van der Waals surface area contributed by atoms with Gasteiger partial charge < -0.3 is 15.4 Å². The molecule has 3 atom stereocenters. The zero-order chi connectivity index (χ0) is 15.1. The van der Waals surface area contributed by atoms with Crippen molar-refractivity contribution in [3.63, 3.8) is 0 Å². The van der Waals surface area contributed by atoms with Gasteiger partial charge in [-0.15, -0.1) is 0 Å². The maximum Gasteiger partial charge on any atom is 0.237 e. The van der Waals surface area contributed by atoms with Crippen LogP contribution in [0.4, 0.5) is 0 Å². The summed E-state index contributed by atoms with van der Waals surface area (Å²) >= 11 is 0. The van der Waals surface area contributed by atoms with Gasteiger partial charge in [0.15, 0.2) is 0 Å². The molecule has 1 amide bonds. The first-order chi connectivity index (χ1) is 10.1. The third kappa shape index (κ3) is 5.93. The number of hydrogen-bond acceptors (Lipinski definition) is 4. The van der Waals surface area contributed by atoms with Gasteiger partial charge in [0.25, 0.3) is 0 Å². The minimum absolute atomic E-state index is 0.0414. The van der Waals surface area contributed by atoms with Crippen LogP contribution in [0.25, 0.3) is 0 Å². The highest BCUT2D eigenvalue weighted by atomic mass is 16.5. The molecule has 2 rings (SSSR count). The largest absolute Gasteiger partial charge is 0.373 e. The lowest BCUT2D eigenvalue weighted by molar-refractivity contribution is -0.123. The molecular formula is C16H31N3O2. The third-order valence-corrected chi connectivity index (χ3v) is 4.32. The van der Waals surface area contributed by atoms with Gasteiger partial charge >= 0.3 is 0 Å². The minimum atomic E-state index is 0.0414. The average Bonchev–Trinajstić information content (AvgIpc) is 2.46. The Balaban J connectivity index is 1.52. The molecule has 2 saturated heterocycles.